The lowest BCUT2D eigenvalue weighted by atomic mass is 9.73. The molecule has 0 aliphatic heterocycles. The Balaban J connectivity index is 1.86. The minimum Gasteiger partial charge on any atom is -0.377 e. The third kappa shape index (κ3) is 3.93. The van der Waals surface area contributed by atoms with Crippen molar-refractivity contribution in [3.8, 4) is 11.1 Å². The number of rotatable bonds is 4. The van der Waals surface area contributed by atoms with Gasteiger partial charge in [0.2, 0.25) is 0 Å². The third-order valence-corrected chi connectivity index (χ3v) is 6.87. The largest absolute Gasteiger partial charge is 0.377 e. The van der Waals surface area contributed by atoms with Crippen molar-refractivity contribution in [3.05, 3.63) is 53.6 Å². The zero-order valence-corrected chi connectivity index (χ0v) is 17.2. The molecule has 1 nitrogen and oxygen atoms in total. The quantitative estimate of drug-likeness (QED) is 0.544. The van der Waals surface area contributed by atoms with Crippen LogP contribution in [0.15, 0.2) is 42.5 Å². The highest BCUT2D eigenvalue weighted by Gasteiger charge is 2.27. The summed E-state index contributed by atoms with van der Waals surface area (Å²) >= 11 is 0. The molecule has 0 aromatic heterocycles. The molecule has 0 saturated heterocycles. The van der Waals surface area contributed by atoms with Crippen molar-refractivity contribution in [2.45, 2.75) is 76.0 Å². The van der Waals surface area contributed by atoms with Gasteiger partial charge in [-0.25, -0.2) is 0 Å². The first-order valence-corrected chi connectivity index (χ1v) is 11.1. The molecule has 27 heavy (non-hydrogen) atoms. The Morgan fingerprint density at radius 1 is 0.630 bits per heavy atom. The SMILES string of the molecule is CN(C)c1ccccc1-c1cccc(C2CCCCC2)c1C1CCCCC1. The van der Waals surface area contributed by atoms with E-state index < -0.39 is 0 Å². The van der Waals surface area contributed by atoms with Gasteiger partial charge >= 0.3 is 0 Å². The summed E-state index contributed by atoms with van der Waals surface area (Å²) in [6.45, 7) is 0. The van der Waals surface area contributed by atoms with Gasteiger partial charge in [0.25, 0.3) is 0 Å². The predicted octanol–water partition coefficient (Wildman–Crippen LogP) is 7.52. The molecule has 0 bridgehead atoms. The van der Waals surface area contributed by atoms with E-state index in [0.29, 0.717) is 0 Å². The van der Waals surface area contributed by atoms with Crippen molar-refractivity contribution >= 4 is 5.69 Å². The second kappa shape index (κ2) is 8.50. The average Bonchev–Trinajstić information content (AvgIpc) is 2.74. The number of benzene rings is 2. The fourth-order valence-electron chi connectivity index (χ4n) is 5.53. The molecule has 2 aromatic rings. The summed E-state index contributed by atoms with van der Waals surface area (Å²) in [6, 6.07) is 16.2. The zero-order valence-electron chi connectivity index (χ0n) is 17.2. The van der Waals surface area contributed by atoms with Crippen LogP contribution >= 0.6 is 0 Å². The van der Waals surface area contributed by atoms with E-state index in [2.05, 4.69) is 61.5 Å². The summed E-state index contributed by atoms with van der Waals surface area (Å²) in [5, 5.41) is 0. The minimum atomic E-state index is 0.752. The van der Waals surface area contributed by atoms with Crippen LogP contribution in [0.25, 0.3) is 11.1 Å². The maximum Gasteiger partial charge on any atom is 0.0440 e. The Kier molecular flexibility index (Phi) is 5.86. The van der Waals surface area contributed by atoms with Gasteiger partial charge < -0.3 is 4.90 Å². The number of hydrogen-bond acceptors (Lipinski definition) is 1. The fraction of sp³-hybridized carbons (Fsp3) is 0.538. The van der Waals surface area contributed by atoms with Crippen LogP contribution in [-0.4, -0.2) is 14.1 Å². The maximum atomic E-state index is 2.47. The molecule has 0 spiro atoms. The van der Waals surface area contributed by atoms with Gasteiger partial charge in [0.1, 0.15) is 0 Å². The predicted molar refractivity (Wildman–Crippen MR) is 118 cm³/mol. The van der Waals surface area contributed by atoms with Gasteiger partial charge in [-0.15, -0.1) is 0 Å². The van der Waals surface area contributed by atoms with Crippen LogP contribution in [0.1, 0.15) is 87.2 Å². The summed E-state index contributed by atoms with van der Waals surface area (Å²) in [7, 11) is 4.34. The van der Waals surface area contributed by atoms with Crippen molar-refractivity contribution in [3.63, 3.8) is 0 Å². The molecule has 0 unspecified atom stereocenters. The van der Waals surface area contributed by atoms with Gasteiger partial charge in [-0.3, -0.25) is 0 Å². The molecule has 144 valence electrons. The van der Waals surface area contributed by atoms with E-state index in [1.807, 2.05) is 0 Å². The molecule has 2 aliphatic carbocycles. The number of nitrogens with zero attached hydrogens (tertiary/aromatic N) is 1. The topological polar surface area (TPSA) is 3.24 Å². The fourth-order valence-corrected chi connectivity index (χ4v) is 5.53. The monoisotopic (exact) mass is 361 g/mol. The van der Waals surface area contributed by atoms with Crippen LogP contribution in [-0.2, 0) is 0 Å². The molecular weight excluding hydrogens is 326 g/mol. The molecule has 2 saturated carbocycles. The standard InChI is InChI=1S/C26H35N/c1-27(2)25-19-10-9-16-23(25)24-18-11-17-22(20-12-5-3-6-13-20)26(24)21-14-7-4-8-15-21/h9-11,16-21H,3-8,12-15H2,1-2H3. The summed E-state index contributed by atoms with van der Waals surface area (Å²) in [5.41, 5.74) is 7.66. The van der Waals surface area contributed by atoms with Gasteiger partial charge in [-0.2, -0.15) is 0 Å². The smallest absolute Gasteiger partial charge is 0.0440 e. The van der Waals surface area contributed by atoms with E-state index >= 15 is 0 Å². The van der Waals surface area contributed by atoms with Crippen LogP contribution in [0.3, 0.4) is 0 Å². The maximum absolute atomic E-state index is 2.47. The van der Waals surface area contributed by atoms with Crippen LogP contribution in [0.5, 0.6) is 0 Å². The molecule has 2 aromatic carbocycles. The minimum absolute atomic E-state index is 0.752. The van der Waals surface area contributed by atoms with Crippen molar-refractivity contribution in [2.75, 3.05) is 19.0 Å². The lowest BCUT2D eigenvalue weighted by Crippen LogP contribution is -2.15. The van der Waals surface area contributed by atoms with Crippen LogP contribution in [0, 0.1) is 0 Å². The van der Waals surface area contributed by atoms with Crippen LogP contribution in [0.4, 0.5) is 5.69 Å². The Hall–Kier alpha value is -1.76. The van der Waals surface area contributed by atoms with Crippen molar-refractivity contribution in [2.24, 2.45) is 0 Å². The average molecular weight is 362 g/mol. The van der Waals surface area contributed by atoms with Crippen molar-refractivity contribution in [1.82, 2.24) is 0 Å². The number of anilines is 1. The van der Waals surface area contributed by atoms with Gasteiger partial charge in [0.05, 0.1) is 0 Å². The lowest BCUT2D eigenvalue weighted by Gasteiger charge is -2.32. The van der Waals surface area contributed by atoms with E-state index in [1.54, 1.807) is 11.1 Å². The first kappa shape index (κ1) is 18.6. The zero-order chi connectivity index (χ0) is 18.6. The van der Waals surface area contributed by atoms with E-state index in [-0.39, 0.29) is 0 Å². The summed E-state index contributed by atoms with van der Waals surface area (Å²) < 4.78 is 0. The van der Waals surface area contributed by atoms with E-state index in [4.69, 9.17) is 0 Å². The molecule has 0 amide bonds. The normalized spacial score (nSPS) is 19.2. The highest BCUT2D eigenvalue weighted by atomic mass is 15.1. The Bertz CT molecular complexity index is 749. The van der Waals surface area contributed by atoms with Crippen molar-refractivity contribution < 1.29 is 0 Å². The summed E-state index contributed by atoms with van der Waals surface area (Å²) in [5.74, 6) is 1.53. The Labute approximate surface area is 165 Å². The van der Waals surface area contributed by atoms with Crippen LogP contribution in [0.2, 0.25) is 0 Å². The molecule has 1 heteroatoms. The molecular formula is C26H35N. The number of para-hydroxylation sites is 1. The Morgan fingerprint density at radius 3 is 1.89 bits per heavy atom. The second-order valence-corrected chi connectivity index (χ2v) is 8.89. The molecule has 2 aliphatic rings. The molecule has 4 rings (SSSR count). The Morgan fingerprint density at radius 2 is 1.22 bits per heavy atom. The molecule has 2 fully saturated rings. The van der Waals surface area contributed by atoms with Gasteiger partial charge in [-0.1, -0.05) is 74.9 Å². The lowest BCUT2D eigenvalue weighted by molar-refractivity contribution is 0.419. The van der Waals surface area contributed by atoms with E-state index in [0.717, 1.165) is 11.8 Å². The molecule has 0 N–H and O–H groups in total. The van der Waals surface area contributed by atoms with Gasteiger partial charge in [-0.05, 0) is 60.3 Å². The van der Waals surface area contributed by atoms with Crippen LogP contribution < -0.4 is 4.90 Å². The number of hydrogen-bond donors (Lipinski definition) is 0. The van der Waals surface area contributed by atoms with Gasteiger partial charge in [0.15, 0.2) is 0 Å². The first-order chi connectivity index (χ1) is 13.3. The highest BCUT2D eigenvalue weighted by molar-refractivity contribution is 5.81. The van der Waals surface area contributed by atoms with Gasteiger partial charge in [0, 0.05) is 25.3 Å². The molecule has 0 heterocycles. The second-order valence-electron chi connectivity index (χ2n) is 8.89. The van der Waals surface area contributed by atoms with Crippen molar-refractivity contribution in [1.29, 1.82) is 0 Å². The molecule has 0 atom stereocenters. The first-order valence-electron chi connectivity index (χ1n) is 11.1. The molecule has 0 radical (unpaired) electrons. The summed E-state index contributed by atoms with van der Waals surface area (Å²) in [6.07, 6.45) is 14.0. The highest BCUT2D eigenvalue weighted by Crippen LogP contribution is 2.46. The third-order valence-electron chi connectivity index (χ3n) is 6.87. The van der Waals surface area contributed by atoms with E-state index in [1.165, 1.54) is 81.0 Å². The van der Waals surface area contributed by atoms with E-state index in [9.17, 15) is 0 Å². The summed E-state index contributed by atoms with van der Waals surface area (Å²) in [4.78, 5) is 2.27.